The number of amides is 1. The number of fused-ring (bicyclic) bond motifs is 1. The number of carbonyl (C=O) groups is 1. The minimum Gasteiger partial charge on any atom is -0.496 e. The minimum absolute atomic E-state index is 0.126. The standard InChI is InChI=1S/C13H17NO4S/c1-18-12-5-3-4-9-10(12)6-7-11(9)14-13(15)8-19(2,16)17/h3-5,11H,6-8H2,1-2H3,(H,14,15). The normalized spacial score (nSPS) is 17.9. The van der Waals surface area contributed by atoms with Crippen LogP contribution < -0.4 is 10.1 Å². The Morgan fingerprint density at radius 3 is 2.84 bits per heavy atom. The first-order valence-corrected chi connectivity index (χ1v) is 8.09. The second-order valence-electron chi connectivity index (χ2n) is 4.76. The van der Waals surface area contributed by atoms with Gasteiger partial charge in [-0.1, -0.05) is 12.1 Å². The Hall–Kier alpha value is -1.56. The van der Waals surface area contributed by atoms with Crippen LogP contribution in [0.15, 0.2) is 18.2 Å². The second kappa shape index (κ2) is 5.21. The molecule has 0 spiro atoms. The molecule has 6 heteroatoms. The van der Waals surface area contributed by atoms with E-state index in [2.05, 4.69) is 5.32 Å². The number of hydrogen-bond donors (Lipinski definition) is 1. The van der Waals surface area contributed by atoms with Crippen molar-refractivity contribution < 1.29 is 17.9 Å². The van der Waals surface area contributed by atoms with E-state index in [9.17, 15) is 13.2 Å². The Bertz CT molecular complexity index is 595. The molecule has 1 atom stereocenters. The molecule has 1 amide bonds. The number of hydrogen-bond acceptors (Lipinski definition) is 4. The van der Waals surface area contributed by atoms with Crippen LogP contribution in [0.5, 0.6) is 5.75 Å². The Morgan fingerprint density at radius 1 is 1.47 bits per heavy atom. The van der Waals surface area contributed by atoms with Gasteiger partial charge in [0.25, 0.3) is 0 Å². The van der Waals surface area contributed by atoms with E-state index in [1.807, 2.05) is 18.2 Å². The van der Waals surface area contributed by atoms with E-state index in [0.717, 1.165) is 36.0 Å². The van der Waals surface area contributed by atoms with Crippen LogP contribution in [0, 0.1) is 0 Å². The Labute approximate surface area is 112 Å². The van der Waals surface area contributed by atoms with Crippen LogP contribution in [0.2, 0.25) is 0 Å². The van der Waals surface area contributed by atoms with Crippen molar-refractivity contribution >= 4 is 15.7 Å². The topological polar surface area (TPSA) is 72.5 Å². The van der Waals surface area contributed by atoms with E-state index in [-0.39, 0.29) is 6.04 Å². The summed E-state index contributed by atoms with van der Waals surface area (Å²) >= 11 is 0. The molecular weight excluding hydrogens is 266 g/mol. The predicted molar refractivity (Wildman–Crippen MR) is 71.9 cm³/mol. The lowest BCUT2D eigenvalue weighted by molar-refractivity contribution is -0.119. The third-order valence-electron chi connectivity index (χ3n) is 3.18. The number of benzene rings is 1. The van der Waals surface area contributed by atoms with Gasteiger partial charge in [-0.3, -0.25) is 4.79 Å². The fourth-order valence-corrected chi connectivity index (χ4v) is 3.00. The van der Waals surface area contributed by atoms with Crippen molar-refractivity contribution in [2.24, 2.45) is 0 Å². The first-order chi connectivity index (χ1) is 8.90. The van der Waals surface area contributed by atoms with Crippen molar-refractivity contribution in [3.05, 3.63) is 29.3 Å². The van der Waals surface area contributed by atoms with Crippen molar-refractivity contribution in [1.82, 2.24) is 5.32 Å². The van der Waals surface area contributed by atoms with E-state index in [1.54, 1.807) is 7.11 Å². The van der Waals surface area contributed by atoms with Crippen LogP contribution in [0.25, 0.3) is 0 Å². The molecule has 0 saturated carbocycles. The van der Waals surface area contributed by atoms with E-state index in [1.165, 1.54) is 0 Å². The van der Waals surface area contributed by atoms with Gasteiger partial charge in [0.1, 0.15) is 11.5 Å². The van der Waals surface area contributed by atoms with Gasteiger partial charge in [-0.2, -0.15) is 0 Å². The third kappa shape index (κ3) is 3.26. The Kier molecular flexibility index (Phi) is 3.80. The highest BCUT2D eigenvalue weighted by Crippen LogP contribution is 2.36. The molecule has 19 heavy (non-hydrogen) atoms. The molecule has 104 valence electrons. The minimum atomic E-state index is -3.29. The lowest BCUT2D eigenvalue weighted by atomic mass is 10.1. The monoisotopic (exact) mass is 283 g/mol. The largest absolute Gasteiger partial charge is 0.496 e. The summed E-state index contributed by atoms with van der Waals surface area (Å²) in [6.45, 7) is 0. The number of carbonyl (C=O) groups excluding carboxylic acids is 1. The van der Waals surface area contributed by atoms with Gasteiger partial charge >= 0.3 is 0 Å². The first-order valence-electron chi connectivity index (χ1n) is 6.03. The van der Waals surface area contributed by atoms with Crippen molar-refractivity contribution in [2.45, 2.75) is 18.9 Å². The van der Waals surface area contributed by atoms with Crippen LogP contribution in [0.1, 0.15) is 23.6 Å². The highest BCUT2D eigenvalue weighted by molar-refractivity contribution is 7.91. The molecule has 2 rings (SSSR count). The molecule has 0 saturated heterocycles. The molecule has 0 radical (unpaired) electrons. The number of ether oxygens (including phenoxy) is 1. The second-order valence-corrected chi connectivity index (χ2v) is 6.90. The summed E-state index contributed by atoms with van der Waals surface area (Å²) in [7, 11) is -1.68. The van der Waals surface area contributed by atoms with E-state index in [0.29, 0.717) is 0 Å². The summed E-state index contributed by atoms with van der Waals surface area (Å²) < 4.78 is 27.4. The average molecular weight is 283 g/mol. The Morgan fingerprint density at radius 2 is 2.21 bits per heavy atom. The van der Waals surface area contributed by atoms with Gasteiger partial charge in [-0.25, -0.2) is 8.42 Å². The number of rotatable bonds is 4. The lowest BCUT2D eigenvalue weighted by Gasteiger charge is -2.14. The zero-order valence-corrected chi connectivity index (χ0v) is 11.8. The first kappa shape index (κ1) is 13.9. The summed E-state index contributed by atoms with van der Waals surface area (Å²) in [6, 6.07) is 5.58. The molecule has 1 aromatic carbocycles. The van der Waals surface area contributed by atoms with E-state index < -0.39 is 21.5 Å². The van der Waals surface area contributed by atoms with Gasteiger partial charge in [0, 0.05) is 6.26 Å². The van der Waals surface area contributed by atoms with E-state index >= 15 is 0 Å². The van der Waals surface area contributed by atoms with Crippen LogP contribution in [0.3, 0.4) is 0 Å². The van der Waals surface area contributed by atoms with Gasteiger partial charge in [0.2, 0.25) is 5.91 Å². The highest BCUT2D eigenvalue weighted by Gasteiger charge is 2.26. The smallest absolute Gasteiger partial charge is 0.235 e. The summed E-state index contributed by atoms with van der Waals surface area (Å²) in [4.78, 5) is 11.7. The Balaban J connectivity index is 2.13. The van der Waals surface area contributed by atoms with Gasteiger partial charge < -0.3 is 10.1 Å². The summed E-state index contributed by atoms with van der Waals surface area (Å²) in [5, 5.41) is 2.77. The maximum atomic E-state index is 11.7. The van der Waals surface area contributed by atoms with Gasteiger partial charge in [0.15, 0.2) is 9.84 Å². The summed E-state index contributed by atoms with van der Waals surface area (Å²) in [5.41, 5.74) is 2.11. The fourth-order valence-electron chi connectivity index (χ4n) is 2.44. The van der Waals surface area contributed by atoms with Gasteiger partial charge in [-0.05, 0) is 30.0 Å². The van der Waals surface area contributed by atoms with Crippen molar-refractivity contribution in [3.63, 3.8) is 0 Å². The van der Waals surface area contributed by atoms with Crippen LogP contribution in [-0.4, -0.2) is 33.4 Å². The lowest BCUT2D eigenvalue weighted by Crippen LogP contribution is -2.32. The maximum Gasteiger partial charge on any atom is 0.235 e. The van der Waals surface area contributed by atoms with Crippen LogP contribution >= 0.6 is 0 Å². The molecule has 1 aliphatic rings. The van der Waals surface area contributed by atoms with Crippen molar-refractivity contribution in [1.29, 1.82) is 0 Å². The van der Waals surface area contributed by atoms with Gasteiger partial charge in [-0.15, -0.1) is 0 Å². The van der Waals surface area contributed by atoms with Crippen molar-refractivity contribution in [2.75, 3.05) is 19.1 Å². The molecule has 0 bridgehead atoms. The molecule has 0 aromatic heterocycles. The molecule has 1 aromatic rings. The van der Waals surface area contributed by atoms with Crippen molar-refractivity contribution in [3.8, 4) is 5.75 Å². The number of methoxy groups -OCH3 is 1. The summed E-state index contributed by atoms with van der Waals surface area (Å²) in [6.07, 6.45) is 2.65. The molecule has 5 nitrogen and oxygen atoms in total. The molecule has 1 aliphatic carbocycles. The van der Waals surface area contributed by atoms with Gasteiger partial charge in [0.05, 0.1) is 13.2 Å². The summed E-state index contributed by atoms with van der Waals surface area (Å²) in [5.74, 6) is -0.108. The van der Waals surface area contributed by atoms with Crippen LogP contribution in [-0.2, 0) is 21.1 Å². The fraction of sp³-hybridized carbons (Fsp3) is 0.462. The van der Waals surface area contributed by atoms with E-state index in [4.69, 9.17) is 4.74 Å². The third-order valence-corrected chi connectivity index (χ3v) is 3.96. The van der Waals surface area contributed by atoms with Crippen LogP contribution in [0.4, 0.5) is 0 Å². The predicted octanol–water partition coefficient (Wildman–Crippen LogP) is 0.843. The molecule has 0 heterocycles. The number of nitrogens with one attached hydrogen (secondary N) is 1. The molecule has 0 aliphatic heterocycles. The highest BCUT2D eigenvalue weighted by atomic mass is 32.2. The molecular formula is C13H17NO4S. The quantitative estimate of drug-likeness (QED) is 0.889. The molecule has 1 N–H and O–H groups in total. The zero-order valence-electron chi connectivity index (χ0n) is 11.0. The molecule has 1 unspecified atom stereocenters. The molecule has 0 fully saturated rings. The zero-order chi connectivity index (χ0) is 14.0. The number of sulfone groups is 1. The SMILES string of the molecule is COc1cccc2c1CCC2NC(=O)CS(C)(=O)=O. The average Bonchev–Trinajstić information content (AvgIpc) is 2.70. The maximum absolute atomic E-state index is 11.7.